The maximum Gasteiger partial charge on any atom is 0.336 e. The Balaban J connectivity index is 1.88. The van der Waals surface area contributed by atoms with E-state index in [4.69, 9.17) is 0 Å². The van der Waals surface area contributed by atoms with Crippen LogP contribution in [-0.2, 0) is 18.9 Å². The highest BCUT2D eigenvalue weighted by Gasteiger charge is 2.35. The Morgan fingerprint density at radius 3 is 2.53 bits per heavy atom. The van der Waals surface area contributed by atoms with Gasteiger partial charge in [0.1, 0.15) is 5.82 Å². The van der Waals surface area contributed by atoms with E-state index in [-0.39, 0.29) is 12.0 Å². The van der Waals surface area contributed by atoms with Crippen LogP contribution >= 0.6 is 0 Å². The molecule has 3 aromatic rings. The quantitative estimate of drug-likeness (QED) is 0.485. The van der Waals surface area contributed by atoms with Crippen molar-refractivity contribution in [2.24, 2.45) is 0 Å². The van der Waals surface area contributed by atoms with Crippen molar-refractivity contribution in [3.63, 3.8) is 0 Å². The van der Waals surface area contributed by atoms with Gasteiger partial charge in [0.15, 0.2) is 0 Å². The van der Waals surface area contributed by atoms with Gasteiger partial charge in [-0.15, -0.1) is 11.7 Å². The Morgan fingerprint density at radius 1 is 1.20 bits per heavy atom. The van der Waals surface area contributed by atoms with Crippen LogP contribution in [0.3, 0.4) is 0 Å². The Bertz CT molecular complexity index is 1040. The van der Waals surface area contributed by atoms with Gasteiger partial charge >= 0.3 is 11.9 Å². The molecule has 0 atom stereocenters. The predicted octanol–water partition coefficient (Wildman–Crippen LogP) is 5.31. The van der Waals surface area contributed by atoms with Crippen LogP contribution in [0.5, 0.6) is 0 Å². The lowest BCUT2D eigenvalue weighted by atomic mass is 9.98. The van der Waals surface area contributed by atoms with Crippen LogP contribution in [0.4, 0.5) is 8.78 Å². The summed E-state index contributed by atoms with van der Waals surface area (Å²) < 4.78 is 29.7. The van der Waals surface area contributed by atoms with E-state index < -0.39 is 17.7 Å². The number of hydrogen-bond donors (Lipinski definition) is 1. The molecule has 0 unspecified atom stereocenters. The van der Waals surface area contributed by atoms with Gasteiger partial charge in [0.05, 0.1) is 5.56 Å². The van der Waals surface area contributed by atoms with Crippen molar-refractivity contribution in [3.05, 3.63) is 84.0 Å². The number of rotatable bonds is 9. The molecule has 0 amide bonds. The number of halogens is 2. The average molecular weight is 411 g/mol. The standard InChI is InChI=1S/C23H23F2N3O2/c1-3-5-14-28-20(26-22(27-28)23(24,25)4-2)15-16-10-12-17(13-11-16)18-8-6-7-9-19(18)21(29)30/h3,6-13H,1,4-5,14-15H2,2H3,(H,29,30). The lowest BCUT2D eigenvalue weighted by Gasteiger charge is -2.08. The van der Waals surface area contributed by atoms with E-state index in [0.29, 0.717) is 30.8 Å². The number of nitrogens with zero attached hydrogens (tertiary/aromatic N) is 3. The average Bonchev–Trinajstić information content (AvgIpc) is 3.16. The van der Waals surface area contributed by atoms with Crippen molar-refractivity contribution in [2.75, 3.05) is 0 Å². The Labute approximate surface area is 173 Å². The van der Waals surface area contributed by atoms with Crippen LogP contribution in [0.1, 0.15) is 47.3 Å². The fourth-order valence-electron chi connectivity index (χ4n) is 3.12. The molecule has 0 spiro atoms. The van der Waals surface area contributed by atoms with Crippen LogP contribution in [0.15, 0.2) is 61.2 Å². The minimum Gasteiger partial charge on any atom is -0.478 e. The van der Waals surface area contributed by atoms with Gasteiger partial charge in [-0.2, -0.15) is 8.78 Å². The maximum absolute atomic E-state index is 14.1. The van der Waals surface area contributed by atoms with Gasteiger partial charge in [-0.3, -0.25) is 0 Å². The van der Waals surface area contributed by atoms with E-state index in [2.05, 4.69) is 16.7 Å². The van der Waals surface area contributed by atoms with Gasteiger partial charge in [-0.25, -0.2) is 14.5 Å². The summed E-state index contributed by atoms with van der Waals surface area (Å²) in [5.74, 6) is -4.07. The first-order valence-corrected chi connectivity index (χ1v) is 9.70. The summed E-state index contributed by atoms with van der Waals surface area (Å²) in [7, 11) is 0. The Morgan fingerprint density at radius 2 is 1.90 bits per heavy atom. The predicted molar refractivity (Wildman–Crippen MR) is 111 cm³/mol. The normalized spacial score (nSPS) is 11.4. The molecule has 1 N–H and O–H groups in total. The lowest BCUT2D eigenvalue weighted by molar-refractivity contribution is -0.0177. The number of aromatic carboxylic acids is 1. The number of carboxylic acid groups (broad SMARTS) is 1. The summed E-state index contributed by atoms with van der Waals surface area (Å²) in [6.45, 7) is 5.49. The van der Waals surface area contributed by atoms with Gasteiger partial charge < -0.3 is 5.11 Å². The van der Waals surface area contributed by atoms with Crippen LogP contribution in [0.25, 0.3) is 11.1 Å². The van der Waals surface area contributed by atoms with Crippen LogP contribution in [0, 0.1) is 0 Å². The number of benzene rings is 2. The number of allylic oxidation sites excluding steroid dienone is 1. The third kappa shape index (κ3) is 4.62. The Kier molecular flexibility index (Phi) is 6.40. The fraction of sp³-hybridized carbons (Fsp3) is 0.261. The first-order valence-electron chi connectivity index (χ1n) is 9.70. The molecule has 0 fully saturated rings. The summed E-state index contributed by atoms with van der Waals surface area (Å²) in [6, 6.07) is 14.1. The van der Waals surface area contributed by atoms with E-state index in [9.17, 15) is 18.7 Å². The molecule has 0 bridgehead atoms. The molecule has 7 heteroatoms. The Hall–Kier alpha value is -3.35. The second kappa shape index (κ2) is 8.98. The first kappa shape index (κ1) is 21.4. The maximum atomic E-state index is 14.1. The van der Waals surface area contributed by atoms with Crippen molar-refractivity contribution in [2.45, 2.75) is 38.7 Å². The third-order valence-corrected chi connectivity index (χ3v) is 4.85. The number of carbonyl (C=O) groups is 1. The molecule has 5 nitrogen and oxygen atoms in total. The van der Waals surface area contributed by atoms with Crippen molar-refractivity contribution < 1.29 is 18.7 Å². The van der Waals surface area contributed by atoms with Crippen molar-refractivity contribution in [3.8, 4) is 11.1 Å². The smallest absolute Gasteiger partial charge is 0.336 e. The molecule has 156 valence electrons. The highest BCUT2D eigenvalue weighted by atomic mass is 19.3. The van der Waals surface area contributed by atoms with Gasteiger partial charge in [-0.05, 0) is 29.2 Å². The molecule has 30 heavy (non-hydrogen) atoms. The van der Waals surface area contributed by atoms with Crippen LogP contribution < -0.4 is 0 Å². The fourth-order valence-corrected chi connectivity index (χ4v) is 3.12. The largest absolute Gasteiger partial charge is 0.478 e. The van der Waals surface area contributed by atoms with Crippen LogP contribution in [0.2, 0.25) is 0 Å². The SMILES string of the molecule is C=CCCn1nc(C(F)(F)CC)nc1Cc1ccc(-c2ccccc2C(=O)O)cc1. The summed E-state index contributed by atoms with van der Waals surface area (Å²) in [5, 5.41) is 13.4. The van der Waals surface area contributed by atoms with E-state index >= 15 is 0 Å². The molecule has 0 saturated heterocycles. The summed E-state index contributed by atoms with van der Waals surface area (Å²) >= 11 is 0. The lowest BCUT2D eigenvalue weighted by Crippen LogP contribution is -2.14. The zero-order valence-electron chi connectivity index (χ0n) is 16.7. The number of aryl methyl sites for hydroxylation is 1. The topological polar surface area (TPSA) is 68.0 Å². The third-order valence-electron chi connectivity index (χ3n) is 4.85. The summed E-state index contributed by atoms with van der Waals surface area (Å²) in [6.07, 6.45) is 2.27. The van der Waals surface area contributed by atoms with Crippen LogP contribution in [-0.4, -0.2) is 25.8 Å². The highest BCUT2D eigenvalue weighted by molar-refractivity contribution is 5.95. The molecule has 0 aliphatic carbocycles. The zero-order valence-corrected chi connectivity index (χ0v) is 16.7. The second-order valence-corrected chi connectivity index (χ2v) is 6.93. The molecular weight excluding hydrogens is 388 g/mol. The highest BCUT2D eigenvalue weighted by Crippen LogP contribution is 2.29. The van der Waals surface area contributed by atoms with E-state index in [1.54, 1.807) is 30.3 Å². The minimum atomic E-state index is -3.07. The molecule has 0 radical (unpaired) electrons. The first-order chi connectivity index (χ1) is 14.4. The monoisotopic (exact) mass is 411 g/mol. The number of carboxylic acids is 1. The van der Waals surface area contributed by atoms with Crippen molar-refractivity contribution in [1.82, 2.24) is 14.8 Å². The zero-order chi connectivity index (χ0) is 21.7. The molecular formula is C23H23F2N3O2. The summed E-state index contributed by atoms with van der Waals surface area (Å²) in [5.41, 5.74) is 2.48. The number of aromatic nitrogens is 3. The molecule has 1 heterocycles. The molecule has 2 aromatic carbocycles. The van der Waals surface area contributed by atoms with E-state index in [1.165, 1.54) is 11.6 Å². The van der Waals surface area contributed by atoms with Gasteiger partial charge in [0.2, 0.25) is 5.82 Å². The molecule has 0 aliphatic heterocycles. The van der Waals surface area contributed by atoms with Gasteiger partial charge in [0.25, 0.3) is 0 Å². The second-order valence-electron chi connectivity index (χ2n) is 6.93. The van der Waals surface area contributed by atoms with E-state index in [1.807, 2.05) is 24.3 Å². The minimum absolute atomic E-state index is 0.223. The molecule has 3 rings (SSSR count). The summed E-state index contributed by atoms with van der Waals surface area (Å²) in [4.78, 5) is 15.6. The van der Waals surface area contributed by atoms with E-state index in [0.717, 1.165) is 11.1 Å². The molecule has 0 saturated carbocycles. The van der Waals surface area contributed by atoms with Gasteiger partial charge in [0, 0.05) is 19.4 Å². The number of alkyl halides is 2. The van der Waals surface area contributed by atoms with Crippen molar-refractivity contribution in [1.29, 1.82) is 0 Å². The number of hydrogen-bond acceptors (Lipinski definition) is 3. The molecule has 1 aromatic heterocycles. The van der Waals surface area contributed by atoms with Crippen molar-refractivity contribution >= 4 is 5.97 Å². The van der Waals surface area contributed by atoms with Gasteiger partial charge in [-0.1, -0.05) is 55.5 Å². The molecule has 0 aliphatic rings.